The van der Waals surface area contributed by atoms with E-state index in [4.69, 9.17) is 4.74 Å². The highest BCUT2D eigenvalue weighted by molar-refractivity contribution is 7.85. The average molecular weight is 292 g/mol. The summed E-state index contributed by atoms with van der Waals surface area (Å²) in [6.07, 6.45) is 0.300. The molecule has 106 valence electrons. The molecule has 0 bridgehead atoms. The van der Waals surface area contributed by atoms with Crippen LogP contribution in [0, 0.1) is 6.92 Å². The third-order valence-electron chi connectivity index (χ3n) is 3.92. The number of fused-ring (bicyclic) bond motifs is 1. The van der Waals surface area contributed by atoms with E-state index in [1.165, 1.54) is 6.08 Å². The zero-order chi connectivity index (χ0) is 14.5. The van der Waals surface area contributed by atoms with Crippen LogP contribution in [0.25, 0.3) is 0 Å². The summed E-state index contributed by atoms with van der Waals surface area (Å²) >= 11 is 0. The van der Waals surface area contributed by atoms with Gasteiger partial charge in [0.05, 0.1) is 16.6 Å². The number of rotatable bonds is 3. The first-order valence-corrected chi connectivity index (χ1v) is 7.79. The van der Waals surface area contributed by atoms with E-state index in [1.807, 2.05) is 19.1 Å². The van der Waals surface area contributed by atoms with Gasteiger partial charge in [0.1, 0.15) is 17.8 Å². The third-order valence-corrected chi connectivity index (χ3v) is 5.42. The number of carbonyl (C=O) groups is 1. The van der Waals surface area contributed by atoms with E-state index in [1.54, 1.807) is 19.1 Å². The minimum absolute atomic E-state index is 0.0485. The molecule has 1 heterocycles. The van der Waals surface area contributed by atoms with Crippen LogP contribution in [0.2, 0.25) is 0 Å². The quantitative estimate of drug-likeness (QED) is 0.848. The van der Waals surface area contributed by atoms with Crippen molar-refractivity contribution in [1.29, 1.82) is 0 Å². The molecule has 1 aromatic carbocycles. The predicted molar refractivity (Wildman–Crippen MR) is 74.8 cm³/mol. The minimum Gasteiger partial charge on any atom is -0.382 e. The maximum absolute atomic E-state index is 12.4. The first-order chi connectivity index (χ1) is 9.41. The molecule has 1 unspecified atom stereocenters. The van der Waals surface area contributed by atoms with Crippen LogP contribution in [0.1, 0.15) is 12.5 Å². The van der Waals surface area contributed by atoms with Gasteiger partial charge >= 0.3 is 0 Å². The number of carbonyl (C=O) groups excluding carboxylic acids is 1. The van der Waals surface area contributed by atoms with Crippen LogP contribution in [0.3, 0.4) is 0 Å². The summed E-state index contributed by atoms with van der Waals surface area (Å²) in [7, 11) is -1.34. The Morgan fingerprint density at radius 1 is 1.30 bits per heavy atom. The Morgan fingerprint density at radius 3 is 2.60 bits per heavy atom. The topological polar surface area (TPSA) is 66.9 Å². The van der Waals surface area contributed by atoms with Crippen molar-refractivity contribution in [2.24, 2.45) is 0 Å². The molecule has 20 heavy (non-hydrogen) atoms. The fourth-order valence-electron chi connectivity index (χ4n) is 2.51. The molecular formula is C15H16O4S. The van der Waals surface area contributed by atoms with Crippen molar-refractivity contribution in [3.05, 3.63) is 41.5 Å². The van der Waals surface area contributed by atoms with Gasteiger partial charge in [-0.25, -0.2) is 0 Å². The van der Waals surface area contributed by atoms with Gasteiger partial charge in [-0.15, -0.1) is 0 Å². The second-order valence-corrected chi connectivity index (χ2v) is 6.89. The number of ether oxygens (including phenoxy) is 1. The number of hydrogen-bond acceptors (Lipinski definition) is 4. The highest BCUT2D eigenvalue weighted by Gasteiger charge is 2.61. The molecular weight excluding hydrogens is 276 g/mol. The number of epoxide rings is 1. The van der Waals surface area contributed by atoms with Crippen LogP contribution in [0.5, 0.6) is 0 Å². The molecule has 1 aliphatic carbocycles. The molecule has 1 aromatic rings. The molecule has 4 atom stereocenters. The summed E-state index contributed by atoms with van der Waals surface area (Å²) in [5.74, 6) is -0.0642. The maximum Gasteiger partial charge on any atom is 0.187 e. The number of aliphatic hydroxyl groups is 1. The van der Waals surface area contributed by atoms with E-state index in [2.05, 4.69) is 0 Å². The van der Waals surface area contributed by atoms with Gasteiger partial charge in [-0.05, 0) is 37.6 Å². The molecule has 1 saturated heterocycles. The number of aryl methyl sites for hydroxylation is 1. The molecule has 0 saturated carbocycles. The van der Waals surface area contributed by atoms with Gasteiger partial charge in [0.25, 0.3) is 0 Å². The summed E-state index contributed by atoms with van der Waals surface area (Å²) < 4.78 is 17.6. The predicted octanol–water partition coefficient (Wildman–Crippen LogP) is 1.13. The van der Waals surface area contributed by atoms with Crippen LogP contribution >= 0.6 is 0 Å². The normalized spacial score (nSPS) is 33.4. The number of ketones is 1. The Labute approximate surface area is 119 Å². The van der Waals surface area contributed by atoms with Gasteiger partial charge in [-0.3, -0.25) is 9.00 Å². The fraction of sp³-hybridized carbons (Fsp3) is 0.400. The third kappa shape index (κ3) is 2.16. The van der Waals surface area contributed by atoms with E-state index in [0.717, 1.165) is 5.56 Å². The highest BCUT2D eigenvalue weighted by atomic mass is 32.2. The molecule has 1 aliphatic heterocycles. The summed E-state index contributed by atoms with van der Waals surface area (Å²) in [5, 5.41) is 10.7. The molecule has 0 spiro atoms. The second-order valence-electron chi connectivity index (χ2n) is 5.43. The zero-order valence-electron chi connectivity index (χ0n) is 11.3. The standard InChI is InChI=1S/C15H16O4S/c1-9-3-5-11(6-4-9)20(18)8-15(17)10(2)7-12(16)13-14(15)19-13/h3-7,13-14,17H,8H2,1-2H3/t13-,14-,15+,20?/m1/s1. The van der Waals surface area contributed by atoms with Gasteiger partial charge < -0.3 is 9.84 Å². The SMILES string of the molecule is CC1=CC(=O)[C@H]2O[C@H]2[C@]1(O)CS(=O)c1ccc(C)cc1. The van der Waals surface area contributed by atoms with Crippen molar-refractivity contribution < 1.29 is 18.8 Å². The Hall–Kier alpha value is -1.30. The molecule has 1 fully saturated rings. The van der Waals surface area contributed by atoms with Gasteiger partial charge in [-0.1, -0.05) is 17.7 Å². The average Bonchev–Trinajstić information content (AvgIpc) is 3.19. The Bertz CT molecular complexity index is 619. The van der Waals surface area contributed by atoms with Gasteiger partial charge in [-0.2, -0.15) is 0 Å². The van der Waals surface area contributed by atoms with E-state index >= 15 is 0 Å². The molecule has 5 heteroatoms. The van der Waals surface area contributed by atoms with Crippen LogP contribution < -0.4 is 0 Å². The zero-order valence-corrected chi connectivity index (χ0v) is 12.1. The molecule has 3 rings (SSSR count). The van der Waals surface area contributed by atoms with Gasteiger partial charge in [0.15, 0.2) is 5.78 Å². The van der Waals surface area contributed by atoms with Crippen LogP contribution in [-0.4, -0.2) is 38.7 Å². The van der Waals surface area contributed by atoms with E-state index in [9.17, 15) is 14.1 Å². The smallest absolute Gasteiger partial charge is 0.187 e. The van der Waals surface area contributed by atoms with Crippen molar-refractivity contribution in [2.45, 2.75) is 36.6 Å². The summed E-state index contributed by atoms with van der Waals surface area (Å²) in [6, 6.07) is 7.38. The summed E-state index contributed by atoms with van der Waals surface area (Å²) in [5.41, 5.74) is 0.310. The van der Waals surface area contributed by atoms with E-state index in [-0.39, 0.29) is 11.5 Å². The lowest BCUT2D eigenvalue weighted by atomic mass is 9.85. The van der Waals surface area contributed by atoms with Gasteiger partial charge in [0, 0.05) is 4.90 Å². The Kier molecular flexibility index (Phi) is 3.16. The fourth-order valence-corrected chi connectivity index (χ4v) is 3.90. The summed E-state index contributed by atoms with van der Waals surface area (Å²) in [6.45, 7) is 3.64. The van der Waals surface area contributed by atoms with Crippen LogP contribution in [-0.2, 0) is 20.3 Å². The van der Waals surface area contributed by atoms with E-state index in [0.29, 0.717) is 10.5 Å². The van der Waals surface area contributed by atoms with Crippen molar-refractivity contribution in [2.75, 3.05) is 5.75 Å². The highest BCUT2D eigenvalue weighted by Crippen LogP contribution is 2.42. The van der Waals surface area contributed by atoms with Crippen LogP contribution in [0.15, 0.2) is 40.8 Å². The van der Waals surface area contributed by atoms with Crippen molar-refractivity contribution in [3.8, 4) is 0 Å². The summed E-state index contributed by atoms with van der Waals surface area (Å²) in [4.78, 5) is 12.2. The number of hydrogen-bond donors (Lipinski definition) is 1. The molecule has 1 N–H and O–H groups in total. The molecule has 0 aromatic heterocycles. The minimum atomic E-state index is -1.34. The van der Waals surface area contributed by atoms with Crippen molar-refractivity contribution in [1.82, 2.24) is 0 Å². The number of benzene rings is 1. The van der Waals surface area contributed by atoms with Crippen LogP contribution in [0.4, 0.5) is 0 Å². The van der Waals surface area contributed by atoms with Crippen molar-refractivity contribution >= 4 is 16.6 Å². The lowest BCUT2D eigenvalue weighted by Gasteiger charge is -2.29. The van der Waals surface area contributed by atoms with E-state index < -0.39 is 28.6 Å². The molecule has 2 aliphatic rings. The maximum atomic E-state index is 12.4. The lowest BCUT2D eigenvalue weighted by molar-refractivity contribution is -0.116. The first kappa shape index (κ1) is 13.7. The Balaban J connectivity index is 1.83. The lowest BCUT2D eigenvalue weighted by Crippen LogP contribution is -2.46. The van der Waals surface area contributed by atoms with Gasteiger partial charge in [0.2, 0.25) is 0 Å². The molecule has 4 nitrogen and oxygen atoms in total. The van der Waals surface area contributed by atoms with Crippen molar-refractivity contribution in [3.63, 3.8) is 0 Å². The largest absolute Gasteiger partial charge is 0.382 e. The first-order valence-electron chi connectivity index (χ1n) is 6.47. The Morgan fingerprint density at radius 2 is 1.95 bits per heavy atom. The second kappa shape index (κ2) is 4.62. The monoisotopic (exact) mass is 292 g/mol. The molecule has 0 radical (unpaired) electrons. The molecule has 0 amide bonds.